The van der Waals surface area contributed by atoms with E-state index in [0.29, 0.717) is 25.3 Å². The number of amides is 1. The number of rotatable bonds is 2. The molecule has 132 valence electrons. The number of hydrogen-bond acceptors (Lipinski definition) is 3. The summed E-state index contributed by atoms with van der Waals surface area (Å²) in [5, 5.41) is 0. The number of fused-ring (bicyclic) bond motifs is 2. The minimum absolute atomic E-state index is 0.0307. The first-order valence-corrected chi connectivity index (χ1v) is 7.22. The maximum absolute atomic E-state index is 13.0. The van der Waals surface area contributed by atoms with Crippen LogP contribution in [-0.2, 0) is 17.1 Å². The van der Waals surface area contributed by atoms with Crippen molar-refractivity contribution in [2.75, 3.05) is 4.90 Å². The van der Waals surface area contributed by atoms with Gasteiger partial charge in [-0.25, -0.2) is 4.98 Å². The first kappa shape index (κ1) is 16.8. The van der Waals surface area contributed by atoms with Gasteiger partial charge in [-0.2, -0.15) is 26.3 Å². The van der Waals surface area contributed by atoms with Gasteiger partial charge in [0.2, 0.25) is 5.91 Å². The highest BCUT2D eigenvalue weighted by molar-refractivity contribution is 5.85. The summed E-state index contributed by atoms with van der Waals surface area (Å²) in [7, 11) is 0. The molecule has 0 spiro atoms. The van der Waals surface area contributed by atoms with Gasteiger partial charge in [0.1, 0.15) is 17.6 Å². The second-order valence-corrected chi connectivity index (χ2v) is 6.08. The Balaban J connectivity index is 2.11. The summed E-state index contributed by atoms with van der Waals surface area (Å²) >= 11 is 0. The normalized spacial score (nSPS) is 26.9. The number of hydrogen-bond donors (Lipinski definition) is 1. The molecule has 10 heteroatoms. The molecule has 2 aliphatic rings. The molecule has 1 aromatic heterocycles. The van der Waals surface area contributed by atoms with Gasteiger partial charge in [-0.05, 0) is 37.3 Å². The molecule has 3 rings (SSSR count). The predicted octanol–water partition coefficient (Wildman–Crippen LogP) is 2.96. The molecular formula is C14H13F6N3O. The Labute approximate surface area is 132 Å². The highest BCUT2D eigenvalue weighted by Gasteiger charge is 2.50. The Kier molecular flexibility index (Phi) is 3.68. The quantitative estimate of drug-likeness (QED) is 0.832. The van der Waals surface area contributed by atoms with E-state index in [2.05, 4.69) is 4.98 Å². The van der Waals surface area contributed by atoms with Gasteiger partial charge in [-0.3, -0.25) is 4.79 Å². The fourth-order valence-electron chi connectivity index (χ4n) is 3.64. The summed E-state index contributed by atoms with van der Waals surface area (Å²) in [6.45, 7) is 0. The number of alkyl halides is 6. The van der Waals surface area contributed by atoms with Gasteiger partial charge in [-0.1, -0.05) is 0 Å². The molecule has 1 saturated carbocycles. The van der Waals surface area contributed by atoms with E-state index in [9.17, 15) is 31.1 Å². The standard InChI is InChI=1S/C14H13F6N3O/c15-13(16,17)7-4-9(14(18,19)20)22-10(5-7)23-8-2-1-6(3-8)11(23)12(21)24/h4-6,8,11H,1-3H2,(H2,21,24)/t6-,8+,11-/m0/s1. The maximum atomic E-state index is 13.0. The molecule has 1 aliphatic heterocycles. The van der Waals surface area contributed by atoms with E-state index in [-0.39, 0.29) is 18.0 Å². The third-order valence-electron chi connectivity index (χ3n) is 4.57. The highest BCUT2D eigenvalue weighted by atomic mass is 19.4. The number of halogens is 6. The van der Waals surface area contributed by atoms with Crippen LogP contribution in [0.2, 0.25) is 0 Å². The maximum Gasteiger partial charge on any atom is 0.433 e. The number of primary amides is 1. The van der Waals surface area contributed by atoms with E-state index in [1.165, 1.54) is 4.90 Å². The van der Waals surface area contributed by atoms with Gasteiger partial charge in [0, 0.05) is 6.04 Å². The summed E-state index contributed by atoms with van der Waals surface area (Å²) in [6.07, 6.45) is -8.24. The second kappa shape index (κ2) is 5.25. The van der Waals surface area contributed by atoms with Crippen molar-refractivity contribution in [1.29, 1.82) is 0 Å². The lowest BCUT2D eigenvalue weighted by atomic mass is 9.98. The van der Waals surface area contributed by atoms with E-state index in [1.54, 1.807) is 0 Å². The molecule has 1 aromatic rings. The smallest absolute Gasteiger partial charge is 0.368 e. The first-order valence-electron chi connectivity index (χ1n) is 7.22. The van der Waals surface area contributed by atoms with Crippen LogP contribution < -0.4 is 10.6 Å². The van der Waals surface area contributed by atoms with Gasteiger partial charge in [0.25, 0.3) is 0 Å². The number of nitrogens with zero attached hydrogens (tertiary/aromatic N) is 2. The van der Waals surface area contributed by atoms with Crippen LogP contribution in [-0.4, -0.2) is 23.0 Å². The van der Waals surface area contributed by atoms with Crippen LogP contribution in [0.25, 0.3) is 0 Å². The molecule has 3 atom stereocenters. The molecule has 2 N–H and O–H groups in total. The van der Waals surface area contributed by atoms with Crippen LogP contribution >= 0.6 is 0 Å². The van der Waals surface area contributed by atoms with Gasteiger partial charge >= 0.3 is 12.4 Å². The zero-order chi connectivity index (χ0) is 17.9. The average molecular weight is 353 g/mol. The zero-order valence-corrected chi connectivity index (χ0v) is 12.2. The number of nitrogens with two attached hydrogens (primary N) is 1. The van der Waals surface area contributed by atoms with Crippen molar-refractivity contribution in [3.63, 3.8) is 0 Å². The molecule has 1 aliphatic carbocycles. The van der Waals surface area contributed by atoms with E-state index in [1.807, 2.05) is 0 Å². The second-order valence-electron chi connectivity index (χ2n) is 6.08. The van der Waals surface area contributed by atoms with Crippen molar-refractivity contribution in [3.05, 3.63) is 23.4 Å². The Morgan fingerprint density at radius 3 is 2.33 bits per heavy atom. The minimum Gasteiger partial charge on any atom is -0.368 e. The molecule has 24 heavy (non-hydrogen) atoms. The topological polar surface area (TPSA) is 59.2 Å². The molecule has 2 fully saturated rings. The summed E-state index contributed by atoms with van der Waals surface area (Å²) in [5.74, 6) is -1.44. The molecular weight excluding hydrogens is 340 g/mol. The van der Waals surface area contributed by atoms with E-state index >= 15 is 0 Å². The fourth-order valence-corrected chi connectivity index (χ4v) is 3.64. The molecule has 4 nitrogen and oxygen atoms in total. The van der Waals surface area contributed by atoms with Gasteiger partial charge < -0.3 is 10.6 Å². The van der Waals surface area contributed by atoms with Crippen LogP contribution in [0.1, 0.15) is 30.5 Å². The first-order chi connectivity index (χ1) is 11.0. The molecule has 2 heterocycles. The minimum atomic E-state index is -5.03. The molecule has 1 amide bonds. The van der Waals surface area contributed by atoms with Crippen molar-refractivity contribution >= 4 is 11.7 Å². The highest BCUT2D eigenvalue weighted by Crippen LogP contribution is 2.46. The number of carbonyl (C=O) groups excluding carboxylic acids is 1. The van der Waals surface area contributed by atoms with Crippen LogP contribution in [0.4, 0.5) is 32.2 Å². The Morgan fingerprint density at radius 2 is 1.79 bits per heavy atom. The van der Waals surface area contributed by atoms with Crippen molar-refractivity contribution in [1.82, 2.24) is 4.98 Å². The number of aromatic nitrogens is 1. The lowest BCUT2D eigenvalue weighted by molar-refractivity contribution is -0.145. The Morgan fingerprint density at radius 1 is 1.12 bits per heavy atom. The van der Waals surface area contributed by atoms with Crippen molar-refractivity contribution < 1.29 is 31.1 Å². The summed E-state index contributed by atoms with van der Waals surface area (Å²) in [4.78, 5) is 16.2. The Hall–Kier alpha value is -2.00. The van der Waals surface area contributed by atoms with Crippen molar-refractivity contribution in [3.8, 4) is 0 Å². The fraction of sp³-hybridized carbons (Fsp3) is 0.571. The van der Waals surface area contributed by atoms with Crippen LogP contribution in [0, 0.1) is 5.92 Å². The summed E-state index contributed by atoms with van der Waals surface area (Å²) in [6, 6.07) is -0.742. The largest absolute Gasteiger partial charge is 0.433 e. The van der Waals surface area contributed by atoms with E-state index in [4.69, 9.17) is 5.73 Å². The van der Waals surface area contributed by atoms with Gasteiger partial charge in [0.05, 0.1) is 5.56 Å². The van der Waals surface area contributed by atoms with Crippen LogP contribution in [0.15, 0.2) is 12.1 Å². The van der Waals surface area contributed by atoms with Crippen LogP contribution in [0.5, 0.6) is 0 Å². The molecule has 0 unspecified atom stereocenters. The van der Waals surface area contributed by atoms with Gasteiger partial charge in [-0.15, -0.1) is 0 Å². The summed E-state index contributed by atoms with van der Waals surface area (Å²) in [5.41, 5.74) is 2.21. The van der Waals surface area contributed by atoms with Crippen LogP contribution in [0.3, 0.4) is 0 Å². The lowest BCUT2D eigenvalue weighted by Gasteiger charge is -2.35. The third kappa shape index (κ3) is 2.78. The third-order valence-corrected chi connectivity index (χ3v) is 4.57. The monoisotopic (exact) mass is 353 g/mol. The molecule has 0 aromatic carbocycles. The lowest BCUT2D eigenvalue weighted by Crippen LogP contribution is -2.49. The van der Waals surface area contributed by atoms with E-state index in [0.717, 1.165) is 0 Å². The van der Waals surface area contributed by atoms with Crippen molar-refractivity contribution in [2.24, 2.45) is 11.7 Å². The SMILES string of the molecule is NC(=O)[C@@H]1[C@H]2CC[C@H](C2)N1c1cc(C(F)(F)F)cc(C(F)(F)F)n1. The number of piperidine rings is 1. The van der Waals surface area contributed by atoms with E-state index < -0.39 is 41.4 Å². The molecule has 0 radical (unpaired) electrons. The number of carbonyl (C=O) groups is 1. The van der Waals surface area contributed by atoms with Crippen molar-refractivity contribution in [2.45, 2.75) is 43.7 Å². The summed E-state index contributed by atoms with van der Waals surface area (Å²) < 4.78 is 77.7. The molecule has 2 bridgehead atoms. The average Bonchev–Trinajstić information content (AvgIpc) is 3.05. The number of anilines is 1. The predicted molar refractivity (Wildman–Crippen MR) is 70.8 cm³/mol. The Bertz CT molecular complexity index is 639. The molecule has 1 saturated heterocycles. The van der Waals surface area contributed by atoms with Gasteiger partial charge in [0.15, 0.2) is 0 Å². The zero-order valence-electron chi connectivity index (χ0n) is 12.2. The number of pyridine rings is 1.